The van der Waals surface area contributed by atoms with E-state index in [1.807, 2.05) is 37.3 Å². The summed E-state index contributed by atoms with van der Waals surface area (Å²) in [5.41, 5.74) is 2.31. The Morgan fingerprint density at radius 1 is 0.944 bits per heavy atom. The van der Waals surface area contributed by atoms with Gasteiger partial charge >= 0.3 is 0 Å². The molecule has 2 heteroatoms. The third kappa shape index (κ3) is 2.86. The molecule has 1 N–H and O–H groups in total. The summed E-state index contributed by atoms with van der Waals surface area (Å²) in [6.07, 6.45) is 1.25. The molecule has 0 amide bonds. The Balaban J connectivity index is 2.23. The van der Waals surface area contributed by atoms with Crippen LogP contribution in [0.4, 0.5) is 0 Å². The zero-order valence-electron chi connectivity index (χ0n) is 10.1. The van der Waals surface area contributed by atoms with Crippen molar-refractivity contribution in [2.45, 2.75) is 6.92 Å². The molecule has 0 aromatic heterocycles. The summed E-state index contributed by atoms with van der Waals surface area (Å²) in [7, 11) is 0. The molecule has 0 radical (unpaired) electrons. The fourth-order valence-corrected chi connectivity index (χ4v) is 1.62. The molecule has 0 atom stereocenters. The number of aliphatic hydroxyl groups excluding tert-OH is 1. The highest BCUT2D eigenvalue weighted by Crippen LogP contribution is 2.12. The Kier molecular flexibility index (Phi) is 3.58. The van der Waals surface area contributed by atoms with E-state index in [0.29, 0.717) is 11.1 Å². The molecule has 0 aliphatic heterocycles. The standard InChI is InChI=1S/C16H14O2/c1-12-7-9-14(10-8-12)16(18)11-15(17)13-5-3-2-4-6-13/h2-11,17H,1H3. The first-order valence-corrected chi connectivity index (χ1v) is 5.74. The largest absolute Gasteiger partial charge is 0.507 e. The third-order valence-corrected chi connectivity index (χ3v) is 2.67. The minimum absolute atomic E-state index is 0.0128. The number of carbonyl (C=O) groups excluding carboxylic acids is 1. The van der Waals surface area contributed by atoms with Crippen molar-refractivity contribution >= 4 is 11.5 Å². The molecule has 2 rings (SSSR count). The monoisotopic (exact) mass is 238 g/mol. The zero-order chi connectivity index (χ0) is 13.0. The van der Waals surface area contributed by atoms with E-state index in [-0.39, 0.29) is 11.5 Å². The predicted molar refractivity (Wildman–Crippen MR) is 72.6 cm³/mol. The molecular weight excluding hydrogens is 224 g/mol. The topological polar surface area (TPSA) is 37.3 Å². The van der Waals surface area contributed by atoms with Gasteiger partial charge in [-0.15, -0.1) is 0 Å². The highest BCUT2D eigenvalue weighted by Gasteiger charge is 2.05. The molecule has 0 unspecified atom stereocenters. The average molecular weight is 238 g/mol. The lowest BCUT2D eigenvalue weighted by Gasteiger charge is -2.00. The number of carbonyl (C=O) groups is 1. The van der Waals surface area contributed by atoms with Gasteiger partial charge in [0, 0.05) is 17.2 Å². The summed E-state index contributed by atoms with van der Waals surface area (Å²) in [5.74, 6) is -0.211. The van der Waals surface area contributed by atoms with Gasteiger partial charge in [-0.1, -0.05) is 60.2 Å². The highest BCUT2D eigenvalue weighted by molar-refractivity contribution is 6.07. The van der Waals surface area contributed by atoms with E-state index in [9.17, 15) is 9.90 Å². The van der Waals surface area contributed by atoms with E-state index in [1.54, 1.807) is 24.3 Å². The van der Waals surface area contributed by atoms with E-state index in [4.69, 9.17) is 0 Å². The Labute approximate surface area is 106 Å². The maximum absolute atomic E-state index is 11.9. The highest BCUT2D eigenvalue weighted by atomic mass is 16.3. The second-order valence-corrected chi connectivity index (χ2v) is 4.13. The zero-order valence-corrected chi connectivity index (χ0v) is 10.1. The quantitative estimate of drug-likeness (QED) is 0.502. The lowest BCUT2D eigenvalue weighted by molar-refractivity contribution is 0.104. The van der Waals surface area contributed by atoms with Crippen molar-refractivity contribution in [3.8, 4) is 0 Å². The number of allylic oxidation sites excluding steroid dienone is 1. The molecule has 90 valence electrons. The van der Waals surface area contributed by atoms with E-state index in [2.05, 4.69) is 0 Å². The van der Waals surface area contributed by atoms with Gasteiger partial charge in [-0.2, -0.15) is 0 Å². The molecule has 18 heavy (non-hydrogen) atoms. The number of benzene rings is 2. The van der Waals surface area contributed by atoms with Crippen LogP contribution in [0.5, 0.6) is 0 Å². The van der Waals surface area contributed by atoms with Crippen molar-refractivity contribution in [2.75, 3.05) is 0 Å². The lowest BCUT2D eigenvalue weighted by atomic mass is 10.1. The molecule has 2 aromatic carbocycles. The number of rotatable bonds is 3. The summed E-state index contributed by atoms with van der Waals surface area (Å²) in [6, 6.07) is 16.3. The normalized spacial score (nSPS) is 11.3. The Morgan fingerprint density at radius 2 is 1.56 bits per heavy atom. The van der Waals surface area contributed by atoms with Crippen LogP contribution in [0.25, 0.3) is 5.76 Å². The number of aliphatic hydroxyl groups is 1. The van der Waals surface area contributed by atoms with Crippen LogP contribution in [-0.4, -0.2) is 10.9 Å². The van der Waals surface area contributed by atoms with Gasteiger partial charge < -0.3 is 5.11 Å². The van der Waals surface area contributed by atoms with Crippen molar-refractivity contribution in [3.63, 3.8) is 0 Å². The van der Waals surface area contributed by atoms with Crippen LogP contribution in [0.15, 0.2) is 60.7 Å². The van der Waals surface area contributed by atoms with Crippen molar-refractivity contribution in [1.82, 2.24) is 0 Å². The Bertz CT molecular complexity index is 566. The first kappa shape index (κ1) is 12.1. The summed E-state index contributed by atoms with van der Waals surface area (Å²) in [4.78, 5) is 11.9. The maximum Gasteiger partial charge on any atom is 0.189 e. The predicted octanol–water partition coefficient (Wildman–Crippen LogP) is 3.78. The fourth-order valence-electron chi connectivity index (χ4n) is 1.62. The molecule has 0 aliphatic rings. The minimum atomic E-state index is -0.198. The third-order valence-electron chi connectivity index (χ3n) is 2.67. The van der Waals surface area contributed by atoms with Gasteiger partial charge in [0.25, 0.3) is 0 Å². The van der Waals surface area contributed by atoms with Crippen LogP contribution in [0.2, 0.25) is 0 Å². The Hall–Kier alpha value is -2.35. The SMILES string of the molecule is Cc1ccc(C(=O)C=C(O)c2ccccc2)cc1. The first-order chi connectivity index (χ1) is 8.66. The first-order valence-electron chi connectivity index (χ1n) is 5.74. The Morgan fingerprint density at radius 3 is 2.17 bits per heavy atom. The molecule has 2 nitrogen and oxygen atoms in total. The smallest absolute Gasteiger partial charge is 0.189 e. The average Bonchev–Trinajstić information content (AvgIpc) is 2.40. The number of ketones is 1. The lowest BCUT2D eigenvalue weighted by Crippen LogP contribution is -1.96. The molecule has 0 fully saturated rings. The van der Waals surface area contributed by atoms with Crippen LogP contribution in [-0.2, 0) is 0 Å². The van der Waals surface area contributed by atoms with Crippen LogP contribution in [0.1, 0.15) is 21.5 Å². The second-order valence-electron chi connectivity index (χ2n) is 4.13. The second kappa shape index (κ2) is 5.32. The van der Waals surface area contributed by atoms with Gasteiger partial charge in [0.2, 0.25) is 0 Å². The molecule has 0 spiro atoms. The maximum atomic E-state index is 11.9. The number of hydrogen-bond acceptors (Lipinski definition) is 2. The summed E-state index contributed by atoms with van der Waals surface area (Å²) in [5, 5.41) is 9.85. The van der Waals surface area contributed by atoms with E-state index in [0.717, 1.165) is 5.56 Å². The molecule has 0 bridgehead atoms. The van der Waals surface area contributed by atoms with Crippen molar-refractivity contribution in [1.29, 1.82) is 0 Å². The van der Waals surface area contributed by atoms with Gasteiger partial charge in [0.15, 0.2) is 5.78 Å². The van der Waals surface area contributed by atoms with E-state index < -0.39 is 0 Å². The number of hydrogen-bond donors (Lipinski definition) is 1. The van der Waals surface area contributed by atoms with Crippen LogP contribution in [0, 0.1) is 6.92 Å². The molecule has 2 aromatic rings. The van der Waals surface area contributed by atoms with E-state index >= 15 is 0 Å². The van der Waals surface area contributed by atoms with Gasteiger partial charge in [-0.25, -0.2) is 0 Å². The summed E-state index contributed by atoms with van der Waals surface area (Å²) in [6.45, 7) is 1.96. The summed E-state index contributed by atoms with van der Waals surface area (Å²) < 4.78 is 0. The molecule has 0 heterocycles. The molecule has 0 aliphatic carbocycles. The fraction of sp³-hybridized carbons (Fsp3) is 0.0625. The van der Waals surface area contributed by atoms with Crippen molar-refractivity contribution < 1.29 is 9.90 Å². The minimum Gasteiger partial charge on any atom is -0.507 e. The van der Waals surface area contributed by atoms with Gasteiger partial charge in [-0.3, -0.25) is 4.79 Å². The van der Waals surface area contributed by atoms with Crippen molar-refractivity contribution in [3.05, 3.63) is 77.4 Å². The molecule has 0 saturated carbocycles. The molecule has 0 saturated heterocycles. The van der Waals surface area contributed by atoms with Crippen LogP contribution in [0.3, 0.4) is 0 Å². The van der Waals surface area contributed by atoms with Gasteiger partial charge in [0.1, 0.15) is 5.76 Å². The van der Waals surface area contributed by atoms with E-state index in [1.165, 1.54) is 6.08 Å². The van der Waals surface area contributed by atoms with Crippen LogP contribution < -0.4 is 0 Å². The van der Waals surface area contributed by atoms with Gasteiger partial charge in [0.05, 0.1) is 0 Å². The molecular formula is C16H14O2. The van der Waals surface area contributed by atoms with Crippen LogP contribution >= 0.6 is 0 Å². The summed E-state index contributed by atoms with van der Waals surface area (Å²) >= 11 is 0. The van der Waals surface area contributed by atoms with Crippen molar-refractivity contribution in [2.24, 2.45) is 0 Å². The number of aryl methyl sites for hydroxylation is 1. The van der Waals surface area contributed by atoms with Gasteiger partial charge in [-0.05, 0) is 6.92 Å².